The van der Waals surface area contributed by atoms with Crippen molar-refractivity contribution in [3.05, 3.63) is 89.2 Å². The lowest BCUT2D eigenvalue weighted by molar-refractivity contribution is -0.152. The molecule has 7 nitrogen and oxygen atoms in total. The normalized spacial score (nSPS) is 31.1. The molecule has 3 aromatic rings. The van der Waals surface area contributed by atoms with Crippen LogP contribution in [-0.4, -0.2) is 52.9 Å². The second-order valence-electron chi connectivity index (χ2n) is 9.66. The molecule has 5 atom stereocenters. The zero-order chi connectivity index (χ0) is 24.2. The predicted octanol–water partition coefficient (Wildman–Crippen LogP) is 2.92. The molecule has 0 amide bonds. The number of nitrogens with zero attached hydrogens (tertiary/aromatic N) is 3. The van der Waals surface area contributed by atoms with E-state index in [0.29, 0.717) is 34.7 Å². The highest BCUT2D eigenvalue weighted by Gasteiger charge is 2.76. The van der Waals surface area contributed by atoms with E-state index in [9.17, 15) is 15.5 Å². The van der Waals surface area contributed by atoms with Crippen LogP contribution in [0.1, 0.15) is 34.6 Å². The minimum Gasteiger partial charge on any atom is -0.495 e. The van der Waals surface area contributed by atoms with Gasteiger partial charge in [-0.3, -0.25) is 4.98 Å². The second-order valence-corrected chi connectivity index (χ2v) is 9.66. The SMILES string of the molecule is COc1cncc2c1[C@]1(O)[C@H](O)C(CN3CCC3)C(c3ccccc3)[C@]1(c1ccc(C#N)cc1)O2. The zero-order valence-corrected chi connectivity index (χ0v) is 19.5. The van der Waals surface area contributed by atoms with Gasteiger partial charge in [-0.05, 0) is 42.8 Å². The summed E-state index contributed by atoms with van der Waals surface area (Å²) < 4.78 is 12.4. The van der Waals surface area contributed by atoms with Crippen molar-refractivity contribution in [2.45, 2.75) is 29.6 Å². The predicted molar refractivity (Wildman–Crippen MR) is 128 cm³/mol. The van der Waals surface area contributed by atoms with Crippen LogP contribution in [0.5, 0.6) is 11.5 Å². The van der Waals surface area contributed by atoms with E-state index in [0.717, 1.165) is 25.1 Å². The van der Waals surface area contributed by atoms with Gasteiger partial charge in [0.05, 0.1) is 42.8 Å². The molecule has 1 aliphatic carbocycles. The number of pyridine rings is 1. The molecule has 2 unspecified atom stereocenters. The third kappa shape index (κ3) is 2.91. The Morgan fingerprint density at radius 3 is 2.51 bits per heavy atom. The Kier molecular flexibility index (Phi) is 5.08. The molecular formula is C28H27N3O4. The maximum atomic E-state index is 12.7. The van der Waals surface area contributed by atoms with Gasteiger partial charge >= 0.3 is 0 Å². The summed E-state index contributed by atoms with van der Waals surface area (Å²) in [6.45, 7) is 2.57. The topological polar surface area (TPSA) is 98.8 Å². The first-order valence-corrected chi connectivity index (χ1v) is 11.9. The van der Waals surface area contributed by atoms with Gasteiger partial charge in [-0.2, -0.15) is 5.26 Å². The molecule has 6 rings (SSSR count). The van der Waals surface area contributed by atoms with Crippen molar-refractivity contribution in [3.63, 3.8) is 0 Å². The summed E-state index contributed by atoms with van der Waals surface area (Å²) in [5, 5.41) is 34.1. The fourth-order valence-electron chi connectivity index (χ4n) is 6.39. The fraction of sp³-hybridized carbons (Fsp3) is 0.357. The van der Waals surface area contributed by atoms with E-state index >= 15 is 0 Å². The lowest BCUT2D eigenvalue weighted by Gasteiger charge is -2.41. The van der Waals surface area contributed by atoms with Crippen LogP contribution >= 0.6 is 0 Å². The minimum absolute atomic E-state index is 0.315. The molecule has 1 aromatic heterocycles. The fourth-order valence-corrected chi connectivity index (χ4v) is 6.39. The first kappa shape index (κ1) is 22.1. The van der Waals surface area contributed by atoms with Crippen LogP contribution in [-0.2, 0) is 11.2 Å². The van der Waals surface area contributed by atoms with Gasteiger partial charge in [0.1, 0.15) is 11.5 Å². The average molecular weight is 470 g/mol. The van der Waals surface area contributed by atoms with E-state index in [-0.39, 0.29) is 11.8 Å². The van der Waals surface area contributed by atoms with E-state index in [1.165, 1.54) is 7.11 Å². The van der Waals surface area contributed by atoms with Gasteiger partial charge in [0, 0.05) is 18.4 Å². The van der Waals surface area contributed by atoms with E-state index in [2.05, 4.69) is 16.0 Å². The van der Waals surface area contributed by atoms with Gasteiger partial charge in [0.25, 0.3) is 0 Å². The largest absolute Gasteiger partial charge is 0.495 e. The Balaban J connectivity index is 1.64. The maximum Gasteiger partial charge on any atom is 0.177 e. The Hall–Kier alpha value is -3.44. The molecule has 0 bridgehead atoms. The highest BCUT2D eigenvalue weighted by Crippen LogP contribution is 2.69. The first-order chi connectivity index (χ1) is 17.0. The number of benzene rings is 2. The standard InChI is InChI=1S/C28H27N3O4/c1-34-22-15-30-16-23-25(22)27(33)26(32)21(17-31-12-5-13-31)24(19-6-3-2-4-7-19)28(27,35-23)20-10-8-18(14-29)9-11-20/h2-4,6-11,15-16,21,24,26,32-33H,5,12-13,17H2,1H3/t21?,24?,26-,27+,28+/m1/s1. The van der Waals surface area contributed by atoms with Crippen molar-refractivity contribution in [1.29, 1.82) is 5.26 Å². The van der Waals surface area contributed by atoms with Gasteiger partial charge in [-0.15, -0.1) is 0 Å². The summed E-state index contributed by atoms with van der Waals surface area (Å²) in [4.78, 5) is 6.57. The van der Waals surface area contributed by atoms with E-state index < -0.39 is 17.3 Å². The Morgan fingerprint density at radius 2 is 1.89 bits per heavy atom. The van der Waals surface area contributed by atoms with Crippen LogP contribution < -0.4 is 9.47 Å². The smallest absolute Gasteiger partial charge is 0.177 e. The minimum atomic E-state index is -1.80. The monoisotopic (exact) mass is 469 g/mol. The quantitative estimate of drug-likeness (QED) is 0.593. The third-order valence-corrected chi connectivity index (χ3v) is 8.03. The zero-order valence-electron chi connectivity index (χ0n) is 19.5. The number of aliphatic hydroxyl groups is 2. The van der Waals surface area contributed by atoms with Crippen molar-refractivity contribution < 1.29 is 19.7 Å². The van der Waals surface area contributed by atoms with Crippen LogP contribution in [0, 0.1) is 17.2 Å². The molecule has 2 aromatic carbocycles. The average Bonchev–Trinajstić information content (AvgIpc) is 3.25. The molecule has 7 heteroatoms. The van der Waals surface area contributed by atoms with E-state index in [1.54, 1.807) is 24.5 Å². The van der Waals surface area contributed by atoms with Crippen LogP contribution in [0.25, 0.3) is 0 Å². The van der Waals surface area contributed by atoms with Gasteiger partial charge < -0.3 is 24.6 Å². The molecule has 2 N–H and O–H groups in total. The Bertz CT molecular complexity index is 1290. The lowest BCUT2D eigenvalue weighted by Crippen LogP contribution is -2.52. The first-order valence-electron chi connectivity index (χ1n) is 11.9. The number of rotatable bonds is 5. The van der Waals surface area contributed by atoms with Crippen molar-refractivity contribution in [2.24, 2.45) is 5.92 Å². The summed E-state index contributed by atoms with van der Waals surface area (Å²) in [5.74, 6) is 0.0632. The number of likely N-dealkylation sites (tertiary alicyclic amines) is 1. The summed E-state index contributed by atoms with van der Waals surface area (Å²) in [6.07, 6.45) is 3.10. The number of methoxy groups -OCH3 is 1. The highest BCUT2D eigenvalue weighted by molar-refractivity contribution is 5.59. The molecule has 3 heterocycles. The van der Waals surface area contributed by atoms with Gasteiger partial charge in [0.2, 0.25) is 0 Å². The molecule has 3 aliphatic rings. The number of nitriles is 1. The number of ether oxygens (including phenoxy) is 2. The molecule has 0 spiro atoms. The van der Waals surface area contributed by atoms with Gasteiger partial charge in [0.15, 0.2) is 11.2 Å². The Labute approximate surface area is 204 Å². The van der Waals surface area contributed by atoms with Crippen LogP contribution in [0.4, 0.5) is 0 Å². The van der Waals surface area contributed by atoms with E-state index in [4.69, 9.17) is 9.47 Å². The molecule has 2 aliphatic heterocycles. The van der Waals surface area contributed by atoms with Crippen LogP contribution in [0.15, 0.2) is 67.0 Å². The molecule has 178 valence electrons. The number of hydrogen-bond donors (Lipinski definition) is 2. The second kappa shape index (κ2) is 8.06. The Morgan fingerprint density at radius 1 is 1.14 bits per heavy atom. The van der Waals surface area contributed by atoms with E-state index in [1.807, 2.05) is 42.5 Å². The molecule has 35 heavy (non-hydrogen) atoms. The molecule has 1 saturated heterocycles. The number of aromatic nitrogens is 1. The van der Waals surface area contributed by atoms with Crippen molar-refractivity contribution in [3.8, 4) is 17.6 Å². The maximum absolute atomic E-state index is 12.7. The summed E-state index contributed by atoms with van der Waals surface area (Å²) in [7, 11) is 1.52. The highest BCUT2D eigenvalue weighted by atomic mass is 16.5. The van der Waals surface area contributed by atoms with Crippen molar-refractivity contribution in [1.82, 2.24) is 9.88 Å². The molecular weight excluding hydrogens is 442 g/mol. The molecule has 2 fully saturated rings. The summed E-state index contributed by atoms with van der Waals surface area (Å²) in [5.41, 5.74) is -0.570. The van der Waals surface area contributed by atoms with Crippen LogP contribution in [0.3, 0.4) is 0 Å². The van der Waals surface area contributed by atoms with Crippen molar-refractivity contribution in [2.75, 3.05) is 26.7 Å². The van der Waals surface area contributed by atoms with Gasteiger partial charge in [-0.1, -0.05) is 42.5 Å². The lowest BCUT2D eigenvalue weighted by atomic mass is 9.70. The summed E-state index contributed by atoms with van der Waals surface area (Å²) in [6, 6.07) is 19.2. The van der Waals surface area contributed by atoms with Crippen molar-refractivity contribution >= 4 is 0 Å². The third-order valence-electron chi connectivity index (χ3n) is 8.03. The van der Waals surface area contributed by atoms with Gasteiger partial charge in [-0.25, -0.2) is 0 Å². The van der Waals surface area contributed by atoms with Crippen LogP contribution in [0.2, 0.25) is 0 Å². The number of aliphatic hydroxyl groups excluding tert-OH is 1. The molecule has 0 radical (unpaired) electrons. The molecule has 1 saturated carbocycles. The number of fused-ring (bicyclic) bond motifs is 3. The summed E-state index contributed by atoms with van der Waals surface area (Å²) >= 11 is 0. The number of hydrogen-bond acceptors (Lipinski definition) is 7.